The molecule has 2 aromatic carbocycles. The lowest BCUT2D eigenvalue weighted by molar-refractivity contribution is -0.145. The first kappa shape index (κ1) is 22.4. The van der Waals surface area contributed by atoms with E-state index in [1.54, 1.807) is 0 Å². The third kappa shape index (κ3) is 7.58. The number of hydrogen-bond donors (Lipinski definition) is 2. The van der Waals surface area contributed by atoms with E-state index >= 15 is 0 Å². The van der Waals surface area contributed by atoms with Gasteiger partial charge < -0.3 is 20.5 Å². The van der Waals surface area contributed by atoms with Crippen molar-refractivity contribution in [2.75, 3.05) is 7.11 Å². The van der Waals surface area contributed by atoms with E-state index in [0.29, 0.717) is 19.4 Å². The maximum Gasteiger partial charge on any atom is 0.328 e. The minimum Gasteiger partial charge on any atom is -0.489 e. The molecule has 1 amide bonds. The molecule has 2 rings (SSSR count). The van der Waals surface area contributed by atoms with E-state index < -0.39 is 18.1 Å². The molecular weight excluding hydrogens is 368 g/mol. The van der Waals surface area contributed by atoms with E-state index in [-0.39, 0.29) is 11.8 Å². The fourth-order valence-electron chi connectivity index (χ4n) is 2.93. The van der Waals surface area contributed by atoms with Crippen molar-refractivity contribution in [2.45, 2.75) is 45.4 Å². The minimum atomic E-state index is -0.790. The smallest absolute Gasteiger partial charge is 0.328 e. The van der Waals surface area contributed by atoms with Crippen LogP contribution >= 0.6 is 0 Å². The Hall–Kier alpha value is -2.86. The lowest BCUT2D eigenvalue weighted by Crippen LogP contribution is -2.50. The van der Waals surface area contributed by atoms with E-state index in [9.17, 15) is 9.59 Å². The molecular formula is C23H30N2O4. The number of benzene rings is 2. The van der Waals surface area contributed by atoms with Crippen molar-refractivity contribution in [1.29, 1.82) is 0 Å². The predicted molar refractivity (Wildman–Crippen MR) is 112 cm³/mol. The summed E-state index contributed by atoms with van der Waals surface area (Å²) in [7, 11) is 1.30. The van der Waals surface area contributed by atoms with E-state index in [4.69, 9.17) is 15.2 Å². The highest BCUT2D eigenvalue weighted by Crippen LogP contribution is 2.16. The van der Waals surface area contributed by atoms with Crippen molar-refractivity contribution in [3.8, 4) is 5.75 Å². The summed E-state index contributed by atoms with van der Waals surface area (Å²) in [4.78, 5) is 24.4. The largest absolute Gasteiger partial charge is 0.489 e. The summed E-state index contributed by atoms with van der Waals surface area (Å²) in [6, 6.07) is 15.9. The van der Waals surface area contributed by atoms with Crippen LogP contribution in [0.2, 0.25) is 0 Å². The highest BCUT2D eigenvalue weighted by atomic mass is 16.5. The van der Waals surface area contributed by atoms with Crippen LogP contribution in [0, 0.1) is 5.92 Å². The molecule has 6 heteroatoms. The zero-order valence-electron chi connectivity index (χ0n) is 17.3. The fourth-order valence-corrected chi connectivity index (χ4v) is 2.93. The molecule has 0 saturated carbocycles. The van der Waals surface area contributed by atoms with Crippen LogP contribution in [0.15, 0.2) is 54.6 Å². The fraction of sp³-hybridized carbons (Fsp3) is 0.391. The molecule has 0 bridgehead atoms. The summed E-state index contributed by atoms with van der Waals surface area (Å²) < 4.78 is 10.6. The summed E-state index contributed by atoms with van der Waals surface area (Å²) in [6.45, 7) is 4.47. The van der Waals surface area contributed by atoms with Crippen LogP contribution in [0.5, 0.6) is 5.75 Å². The highest BCUT2D eigenvalue weighted by molar-refractivity contribution is 5.87. The van der Waals surface area contributed by atoms with Gasteiger partial charge in [-0.1, -0.05) is 56.3 Å². The van der Waals surface area contributed by atoms with E-state index in [1.165, 1.54) is 7.11 Å². The summed E-state index contributed by atoms with van der Waals surface area (Å²) in [5.74, 6) is 0.169. The van der Waals surface area contributed by atoms with Gasteiger partial charge in [0.2, 0.25) is 5.91 Å². The molecule has 6 nitrogen and oxygen atoms in total. The maximum absolute atomic E-state index is 12.3. The Kier molecular flexibility index (Phi) is 8.68. The molecule has 2 aromatic rings. The van der Waals surface area contributed by atoms with Gasteiger partial charge in [-0.2, -0.15) is 0 Å². The number of nitrogens with two attached hydrogens (primary N) is 1. The van der Waals surface area contributed by atoms with Crippen molar-refractivity contribution in [1.82, 2.24) is 5.32 Å². The number of rotatable bonds is 10. The van der Waals surface area contributed by atoms with Gasteiger partial charge in [0.25, 0.3) is 0 Å². The Morgan fingerprint density at radius 2 is 1.66 bits per heavy atom. The number of carbonyl (C=O) groups is 2. The standard InChI is InChI=1S/C23H30N2O4/c1-16(2)13-20(24)22(26)25-21(23(27)28-3)14-17-9-11-19(12-10-17)29-15-18-7-5-4-6-8-18/h4-12,16,20-21H,13-15,24H2,1-3H3,(H,25,26)/t20-,21-/m0/s1. The summed E-state index contributed by atoms with van der Waals surface area (Å²) in [5, 5.41) is 2.71. The molecule has 0 fully saturated rings. The Morgan fingerprint density at radius 1 is 1.00 bits per heavy atom. The van der Waals surface area contributed by atoms with Crippen LogP contribution in [-0.2, 0) is 27.4 Å². The molecule has 29 heavy (non-hydrogen) atoms. The lowest BCUT2D eigenvalue weighted by Gasteiger charge is -2.20. The van der Waals surface area contributed by atoms with Gasteiger partial charge in [0.05, 0.1) is 13.2 Å². The van der Waals surface area contributed by atoms with Crippen LogP contribution < -0.4 is 15.8 Å². The molecule has 0 radical (unpaired) electrons. The van der Waals surface area contributed by atoms with Crippen LogP contribution in [-0.4, -0.2) is 31.1 Å². The van der Waals surface area contributed by atoms with Crippen LogP contribution in [0.25, 0.3) is 0 Å². The summed E-state index contributed by atoms with van der Waals surface area (Å²) in [5.41, 5.74) is 7.89. The zero-order valence-corrected chi connectivity index (χ0v) is 17.3. The second kappa shape index (κ2) is 11.2. The molecule has 0 unspecified atom stereocenters. The molecule has 0 aliphatic heterocycles. The second-order valence-corrected chi connectivity index (χ2v) is 7.44. The van der Waals surface area contributed by atoms with Crippen molar-refractivity contribution in [2.24, 2.45) is 11.7 Å². The molecule has 156 valence electrons. The number of carbonyl (C=O) groups excluding carboxylic acids is 2. The first-order chi connectivity index (χ1) is 13.9. The SMILES string of the molecule is COC(=O)[C@H](Cc1ccc(OCc2ccccc2)cc1)NC(=O)[C@@H](N)CC(C)C. The quantitative estimate of drug-likeness (QED) is 0.601. The molecule has 2 atom stereocenters. The van der Waals surface area contributed by atoms with Gasteiger partial charge in [-0.3, -0.25) is 4.79 Å². The average Bonchev–Trinajstić information content (AvgIpc) is 2.72. The summed E-state index contributed by atoms with van der Waals surface area (Å²) >= 11 is 0. The van der Waals surface area contributed by atoms with Gasteiger partial charge in [0.15, 0.2) is 0 Å². The molecule has 3 N–H and O–H groups in total. The van der Waals surface area contributed by atoms with E-state index in [0.717, 1.165) is 16.9 Å². The first-order valence-corrected chi connectivity index (χ1v) is 9.78. The van der Waals surface area contributed by atoms with E-state index in [2.05, 4.69) is 5.32 Å². The van der Waals surface area contributed by atoms with Gasteiger partial charge in [-0.15, -0.1) is 0 Å². The highest BCUT2D eigenvalue weighted by Gasteiger charge is 2.25. The number of nitrogens with one attached hydrogen (secondary N) is 1. The van der Waals surface area contributed by atoms with Gasteiger partial charge in [-0.25, -0.2) is 4.79 Å². The number of methoxy groups -OCH3 is 1. The van der Waals surface area contributed by atoms with E-state index in [1.807, 2.05) is 68.4 Å². The van der Waals surface area contributed by atoms with Crippen molar-refractivity contribution < 1.29 is 19.1 Å². The number of esters is 1. The van der Waals surface area contributed by atoms with Crippen molar-refractivity contribution >= 4 is 11.9 Å². The van der Waals surface area contributed by atoms with Gasteiger partial charge in [0, 0.05) is 6.42 Å². The molecule has 0 aromatic heterocycles. The van der Waals surface area contributed by atoms with Crippen LogP contribution in [0.3, 0.4) is 0 Å². The second-order valence-electron chi connectivity index (χ2n) is 7.44. The maximum atomic E-state index is 12.3. The van der Waals surface area contributed by atoms with Crippen molar-refractivity contribution in [3.63, 3.8) is 0 Å². The topological polar surface area (TPSA) is 90.6 Å². The predicted octanol–water partition coefficient (Wildman–Crippen LogP) is 2.84. The molecule has 0 aliphatic carbocycles. The average molecular weight is 399 g/mol. The van der Waals surface area contributed by atoms with Crippen LogP contribution in [0.4, 0.5) is 0 Å². The lowest BCUT2D eigenvalue weighted by atomic mass is 10.0. The van der Waals surface area contributed by atoms with Crippen molar-refractivity contribution in [3.05, 3.63) is 65.7 Å². The monoisotopic (exact) mass is 398 g/mol. The Bertz CT molecular complexity index is 775. The number of hydrogen-bond acceptors (Lipinski definition) is 5. The zero-order chi connectivity index (χ0) is 21.2. The number of amides is 1. The van der Waals surface area contributed by atoms with Gasteiger partial charge in [-0.05, 0) is 35.6 Å². The summed E-state index contributed by atoms with van der Waals surface area (Å²) in [6.07, 6.45) is 0.860. The normalized spacial score (nSPS) is 12.9. The Balaban J connectivity index is 1.96. The molecule has 0 spiro atoms. The molecule has 0 aliphatic rings. The van der Waals surface area contributed by atoms with Gasteiger partial charge >= 0.3 is 5.97 Å². The third-order valence-corrected chi connectivity index (χ3v) is 4.48. The third-order valence-electron chi connectivity index (χ3n) is 4.48. The minimum absolute atomic E-state index is 0.288. The first-order valence-electron chi connectivity index (χ1n) is 9.78. The van der Waals surface area contributed by atoms with Crippen LogP contribution in [0.1, 0.15) is 31.4 Å². The molecule has 0 saturated heterocycles. The number of ether oxygens (including phenoxy) is 2. The molecule has 0 heterocycles. The Morgan fingerprint density at radius 3 is 2.24 bits per heavy atom. The Labute approximate surface area is 172 Å². The van der Waals surface area contributed by atoms with Gasteiger partial charge in [0.1, 0.15) is 18.4 Å².